The van der Waals surface area contributed by atoms with Gasteiger partial charge in [0.05, 0.1) is 0 Å². The van der Waals surface area contributed by atoms with Crippen LogP contribution in [0.15, 0.2) is 24.3 Å². The summed E-state index contributed by atoms with van der Waals surface area (Å²) < 4.78 is 5.51. The molecular formula is C16H23NO3. The number of hydrogen-bond donors (Lipinski definition) is 2. The van der Waals surface area contributed by atoms with Crippen molar-refractivity contribution >= 4 is 5.97 Å². The Labute approximate surface area is 119 Å². The molecule has 1 aliphatic rings. The van der Waals surface area contributed by atoms with Crippen molar-refractivity contribution in [1.82, 2.24) is 0 Å². The fourth-order valence-corrected chi connectivity index (χ4v) is 2.71. The molecule has 1 aromatic rings. The third kappa shape index (κ3) is 4.23. The molecule has 0 heterocycles. The number of rotatable bonds is 4. The fourth-order valence-electron chi connectivity index (χ4n) is 2.71. The quantitative estimate of drug-likeness (QED) is 0.829. The lowest BCUT2D eigenvalue weighted by Gasteiger charge is -2.27. The van der Waals surface area contributed by atoms with Gasteiger partial charge in [-0.05, 0) is 49.3 Å². The molecule has 20 heavy (non-hydrogen) atoms. The molecular weight excluding hydrogens is 254 g/mol. The number of carbonyl (C=O) groups excluding carboxylic acids is 1. The highest BCUT2D eigenvalue weighted by Crippen LogP contribution is 2.26. The van der Waals surface area contributed by atoms with Crippen LogP contribution < -0.4 is 5.73 Å². The Morgan fingerprint density at radius 3 is 2.75 bits per heavy atom. The van der Waals surface area contributed by atoms with E-state index in [4.69, 9.17) is 10.5 Å². The molecule has 1 fully saturated rings. The number of hydrogen-bond acceptors (Lipinski definition) is 4. The number of aromatic hydroxyl groups is 1. The summed E-state index contributed by atoms with van der Waals surface area (Å²) in [7, 11) is 0. The molecule has 0 saturated heterocycles. The summed E-state index contributed by atoms with van der Waals surface area (Å²) in [6, 6.07) is 6.08. The van der Waals surface area contributed by atoms with Crippen molar-refractivity contribution in [2.45, 2.75) is 51.2 Å². The molecule has 3 unspecified atom stereocenters. The minimum absolute atomic E-state index is 0.0251. The van der Waals surface area contributed by atoms with Gasteiger partial charge in [0.2, 0.25) is 0 Å². The first-order valence-corrected chi connectivity index (χ1v) is 7.28. The zero-order valence-electron chi connectivity index (χ0n) is 11.9. The normalized spacial score (nSPS) is 24.1. The van der Waals surface area contributed by atoms with Crippen LogP contribution in [0.5, 0.6) is 5.75 Å². The highest BCUT2D eigenvalue weighted by Gasteiger charge is 2.24. The van der Waals surface area contributed by atoms with E-state index in [0.29, 0.717) is 12.3 Å². The first-order chi connectivity index (χ1) is 9.54. The van der Waals surface area contributed by atoms with Gasteiger partial charge < -0.3 is 15.6 Å². The van der Waals surface area contributed by atoms with Crippen LogP contribution in [0.3, 0.4) is 0 Å². The van der Waals surface area contributed by atoms with E-state index in [-0.39, 0.29) is 17.8 Å². The summed E-state index contributed by atoms with van der Waals surface area (Å²) in [4.78, 5) is 12.0. The molecule has 0 spiro atoms. The van der Waals surface area contributed by atoms with Crippen LogP contribution in [0.4, 0.5) is 0 Å². The summed E-state index contributed by atoms with van der Waals surface area (Å²) >= 11 is 0. The first kappa shape index (κ1) is 14.9. The maximum Gasteiger partial charge on any atom is 0.323 e. The van der Waals surface area contributed by atoms with Crippen molar-refractivity contribution in [1.29, 1.82) is 0 Å². The van der Waals surface area contributed by atoms with Gasteiger partial charge in [0, 0.05) is 0 Å². The van der Waals surface area contributed by atoms with Crippen LogP contribution in [0.1, 0.15) is 38.2 Å². The number of nitrogens with two attached hydrogens (primary N) is 1. The molecule has 110 valence electrons. The Kier molecular flexibility index (Phi) is 5.01. The number of benzene rings is 1. The summed E-state index contributed by atoms with van der Waals surface area (Å²) in [5.74, 6) is 0.508. The van der Waals surface area contributed by atoms with Crippen LogP contribution in [0, 0.1) is 5.92 Å². The van der Waals surface area contributed by atoms with E-state index in [2.05, 4.69) is 6.92 Å². The predicted molar refractivity (Wildman–Crippen MR) is 77.3 cm³/mol. The van der Waals surface area contributed by atoms with Crippen LogP contribution in [0.25, 0.3) is 0 Å². The van der Waals surface area contributed by atoms with Crippen LogP contribution >= 0.6 is 0 Å². The van der Waals surface area contributed by atoms with E-state index in [1.165, 1.54) is 6.42 Å². The molecule has 3 N–H and O–H groups in total. The van der Waals surface area contributed by atoms with Gasteiger partial charge in [-0.15, -0.1) is 0 Å². The van der Waals surface area contributed by atoms with E-state index < -0.39 is 6.04 Å². The molecule has 0 radical (unpaired) electrons. The number of phenols is 1. The zero-order valence-corrected chi connectivity index (χ0v) is 11.9. The van der Waals surface area contributed by atoms with Crippen molar-refractivity contribution in [3.8, 4) is 5.75 Å². The fraction of sp³-hybridized carbons (Fsp3) is 0.562. The van der Waals surface area contributed by atoms with Gasteiger partial charge in [0.25, 0.3) is 0 Å². The molecule has 1 aromatic carbocycles. The number of phenolic OH excluding ortho intramolecular Hbond substituents is 1. The molecule has 0 aromatic heterocycles. The molecule has 3 atom stereocenters. The summed E-state index contributed by atoms with van der Waals surface area (Å²) in [6.07, 6.45) is 4.68. The molecule has 0 amide bonds. The largest absolute Gasteiger partial charge is 0.508 e. The molecule has 4 nitrogen and oxygen atoms in total. The molecule has 0 bridgehead atoms. The van der Waals surface area contributed by atoms with Crippen molar-refractivity contribution < 1.29 is 14.6 Å². The SMILES string of the molecule is CC1CCCC(OC(=O)C(N)Cc2ccc(O)cc2)C1. The van der Waals surface area contributed by atoms with Gasteiger partial charge in [0.15, 0.2) is 0 Å². The molecule has 1 saturated carbocycles. The predicted octanol–water partition coefficient (Wildman–Crippen LogP) is 2.38. The van der Waals surface area contributed by atoms with Crippen LogP contribution in [0.2, 0.25) is 0 Å². The van der Waals surface area contributed by atoms with E-state index in [1.54, 1.807) is 24.3 Å². The third-order valence-electron chi connectivity index (χ3n) is 3.87. The average Bonchev–Trinajstić information content (AvgIpc) is 2.41. The first-order valence-electron chi connectivity index (χ1n) is 7.28. The topological polar surface area (TPSA) is 72.5 Å². The number of carbonyl (C=O) groups is 1. The van der Waals surface area contributed by atoms with Crippen molar-refractivity contribution in [3.05, 3.63) is 29.8 Å². The highest BCUT2D eigenvalue weighted by atomic mass is 16.5. The number of ether oxygens (including phenoxy) is 1. The minimum atomic E-state index is -0.642. The Hall–Kier alpha value is -1.55. The van der Waals surface area contributed by atoms with Crippen molar-refractivity contribution in [3.63, 3.8) is 0 Å². The van der Waals surface area contributed by atoms with Crippen LogP contribution in [-0.4, -0.2) is 23.2 Å². The standard InChI is InChI=1S/C16H23NO3/c1-11-3-2-4-14(9-11)20-16(19)15(17)10-12-5-7-13(18)8-6-12/h5-8,11,14-15,18H,2-4,9-10,17H2,1H3. The van der Waals surface area contributed by atoms with Gasteiger partial charge in [-0.25, -0.2) is 0 Å². The average molecular weight is 277 g/mol. The third-order valence-corrected chi connectivity index (χ3v) is 3.87. The smallest absolute Gasteiger partial charge is 0.323 e. The second-order valence-corrected chi connectivity index (χ2v) is 5.81. The van der Waals surface area contributed by atoms with Gasteiger partial charge in [-0.1, -0.05) is 25.5 Å². The lowest BCUT2D eigenvalue weighted by Crippen LogP contribution is -2.37. The second-order valence-electron chi connectivity index (χ2n) is 5.81. The van der Waals surface area contributed by atoms with Gasteiger partial charge >= 0.3 is 5.97 Å². The Morgan fingerprint density at radius 1 is 1.40 bits per heavy atom. The summed E-state index contributed by atoms with van der Waals surface area (Å²) in [6.45, 7) is 2.19. The zero-order chi connectivity index (χ0) is 14.5. The molecule has 2 rings (SSSR count). The van der Waals surface area contributed by atoms with Crippen molar-refractivity contribution in [2.24, 2.45) is 11.7 Å². The van der Waals surface area contributed by atoms with Gasteiger partial charge in [0.1, 0.15) is 17.9 Å². The van der Waals surface area contributed by atoms with Gasteiger partial charge in [-0.2, -0.15) is 0 Å². The van der Waals surface area contributed by atoms with E-state index in [1.807, 2.05) is 0 Å². The minimum Gasteiger partial charge on any atom is -0.508 e. The maximum atomic E-state index is 12.0. The van der Waals surface area contributed by atoms with Gasteiger partial charge in [-0.3, -0.25) is 4.79 Å². The molecule has 1 aliphatic carbocycles. The molecule has 4 heteroatoms. The van der Waals surface area contributed by atoms with E-state index in [9.17, 15) is 9.90 Å². The Morgan fingerprint density at radius 2 is 2.10 bits per heavy atom. The second kappa shape index (κ2) is 6.75. The maximum absolute atomic E-state index is 12.0. The van der Waals surface area contributed by atoms with Crippen LogP contribution in [-0.2, 0) is 16.0 Å². The number of esters is 1. The van der Waals surface area contributed by atoms with Crippen molar-refractivity contribution in [2.75, 3.05) is 0 Å². The van der Waals surface area contributed by atoms with E-state index >= 15 is 0 Å². The molecule has 0 aliphatic heterocycles. The Balaban J connectivity index is 1.83. The summed E-state index contributed by atoms with van der Waals surface area (Å²) in [5.41, 5.74) is 6.82. The highest BCUT2D eigenvalue weighted by molar-refractivity contribution is 5.76. The Bertz CT molecular complexity index is 444. The lowest BCUT2D eigenvalue weighted by atomic mass is 9.88. The lowest BCUT2D eigenvalue weighted by molar-refractivity contribution is -0.152. The van der Waals surface area contributed by atoms with E-state index in [0.717, 1.165) is 24.8 Å². The summed E-state index contributed by atoms with van der Waals surface area (Å²) in [5, 5.41) is 9.22. The monoisotopic (exact) mass is 277 g/mol.